The Hall–Kier alpha value is -3.12. The third-order valence-electron chi connectivity index (χ3n) is 2.80. The number of nitrogens with one attached hydrogen (secondary N) is 1. The van der Waals surface area contributed by atoms with Crippen molar-refractivity contribution in [3.05, 3.63) is 48.2 Å². The van der Waals surface area contributed by atoms with E-state index in [1.54, 1.807) is 17.2 Å². The normalized spacial score (nSPS) is 9.35. The molecule has 0 bridgehead atoms. The first-order chi connectivity index (χ1) is 9.78. The van der Waals surface area contributed by atoms with Crippen molar-refractivity contribution in [1.82, 2.24) is 14.8 Å². The van der Waals surface area contributed by atoms with Crippen LogP contribution in [0.2, 0.25) is 0 Å². The van der Waals surface area contributed by atoms with Crippen LogP contribution in [0, 0.1) is 22.7 Å². The molecule has 2 aromatic rings. The highest BCUT2D eigenvalue weighted by Gasteiger charge is 2.04. The zero-order valence-electron chi connectivity index (χ0n) is 10.9. The van der Waals surface area contributed by atoms with E-state index < -0.39 is 0 Å². The minimum Gasteiger partial charge on any atom is -0.360 e. The largest absolute Gasteiger partial charge is 0.360 e. The summed E-state index contributed by atoms with van der Waals surface area (Å²) >= 11 is 0. The molecule has 1 N–H and O–H groups in total. The molecular formula is C14H12N6. The lowest BCUT2D eigenvalue weighted by Crippen LogP contribution is -1.98. The first-order valence-electron chi connectivity index (χ1n) is 6.03. The molecule has 0 amide bonds. The summed E-state index contributed by atoms with van der Waals surface area (Å²) < 4.78 is 1.78. The van der Waals surface area contributed by atoms with E-state index in [9.17, 15) is 0 Å². The van der Waals surface area contributed by atoms with Crippen molar-refractivity contribution in [1.29, 1.82) is 10.5 Å². The molecule has 98 valence electrons. The first-order valence-corrected chi connectivity index (χ1v) is 6.03. The standard InChI is InChI=1S/C14H12N6/c1-2-12-3-4-13(20-9-18-19-10-20)5-14(12)17-8-11(6-15)7-16/h3-5,8-10,17H,2H2,1H3. The molecule has 0 fully saturated rings. The number of hydrogen-bond acceptors (Lipinski definition) is 5. The van der Waals surface area contributed by atoms with Crippen molar-refractivity contribution in [2.45, 2.75) is 13.3 Å². The van der Waals surface area contributed by atoms with Crippen molar-refractivity contribution < 1.29 is 0 Å². The Balaban J connectivity index is 2.36. The number of anilines is 1. The van der Waals surface area contributed by atoms with E-state index in [-0.39, 0.29) is 5.57 Å². The fraction of sp³-hybridized carbons (Fsp3) is 0.143. The highest BCUT2D eigenvalue weighted by molar-refractivity contribution is 5.59. The summed E-state index contributed by atoms with van der Waals surface area (Å²) in [5, 5.41) is 28.0. The maximum atomic E-state index is 8.73. The van der Waals surface area contributed by atoms with Gasteiger partial charge >= 0.3 is 0 Å². The van der Waals surface area contributed by atoms with Gasteiger partial charge in [-0.15, -0.1) is 10.2 Å². The van der Waals surface area contributed by atoms with Crippen LogP contribution in [0.4, 0.5) is 5.69 Å². The van der Waals surface area contributed by atoms with Crippen LogP contribution in [0.25, 0.3) is 5.69 Å². The van der Waals surface area contributed by atoms with Gasteiger partial charge < -0.3 is 5.32 Å². The van der Waals surface area contributed by atoms with Gasteiger partial charge in [0, 0.05) is 11.9 Å². The number of rotatable bonds is 4. The van der Waals surface area contributed by atoms with Crippen LogP contribution in [0.5, 0.6) is 0 Å². The topological polar surface area (TPSA) is 90.3 Å². The molecule has 1 heterocycles. The smallest absolute Gasteiger partial charge is 0.145 e. The highest BCUT2D eigenvalue weighted by atomic mass is 15.2. The van der Waals surface area contributed by atoms with E-state index in [1.165, 1.54) is 6.20 Å². The van der Waals surface area contributed by atoms with Crippen LogP contribution < -0.4 is 5.32 Å². The van der Waals surface area contributed by atoms with Gasteiger partial charge in [-0.3, -0.25) is 4.57 Å². The van der Waals surface area contributed by atoms with Gasteiger partial charge in [0.2, 0.25) is 0 Å². The molecule has 0 saturated carbocycles. The second-order valence-corrected chi connectivity index (χ2v) is 3.99. The second kappa shape index (κ2) is 6.17. The lowest BCUT2D eigenvalue weighted by atomic mass is 10.1. The summed E-state index contributed by atoms with van der Waals surface area (Å²) in [7, 11) is 0. The Morgan fingerprint density at radius 1 is 1.30 bits per heavy atom. The molecular weight excluding hydrogens is 252 g/mol. The average Bonchev–Trinajstić information content (AvgIpc) is 3.02. The van der Waals surface area contributed by atoms with E-state index >= 15 is 0 Å². The van der Waals surface area contributed by atoms with Gasteiger partial charge in [0.25, 0.3) is 0 Å². The fourth-order valence-corrected chi connectivity index (χ4v) is 1.74. The van der Waals surface area contributed by atoms with Crippen LogP contribution in [0.15, 0.2) is 42.6 Å². The Morgan fingerprint density at radius 3 is 2.60 bits per heavy atom. The summed E-state index contributed by atoms with van der Waals surface area (Å²) in [4.78, 5) is 0. The highest BCUT2D eigenvalue weighted by Crippen LogP contribution is 2.21. The number of benzene rings is 1. The maximum Gasteiger partial charge on any atom is 0.145 e. The van der Waals surface area contributed by atoms with Gasteiger partial charge in [-0.05, 0) is 24.1 Å². The van der Waals surface area contributed by atoms with Gasteiger partial charge in [0.1, 0.15) is 30.4 Å². The van der Waals surface area contributed by atoms with Gasteiger partial charge in [-0.25, -0.2) is 0 Å². The second-order valence-electron chi connectivity index (χ2n) is 3.99. The van der Waals surface area contributed by atoms with Crippen molar-refractivity contribution in [2.24, 2.45) is 0 Å². The van der Waals surface area contributed by atoms with Crippen molar-refractivity contribution in [3.63, 3.8) is 0 Å². The molecule has 0 saturated heterocycles. The fourth-order valence-electron chi connectivity index (χ4n) is 1.74. The molecule has 0 unspecified atom stereocenters. The molecule has 1 aromatic carbocycles. The third kappa shape index (κ3) is 2.82. The van der Waals surface area contributed by atoms with E-state index in [2.05, 4.69) is 15.5 Å². The van der Waals surface area contributed by atoms with Gasteiger partial charge in [-0.2, -0.15) is 10.5 Å². The van der Waals surface area contributed by atoms with Gasteiger partial charge in [0.15, 0.2) is 0 Å². The quantitative estimate of drug-likeness (QED) is 0.854. The molecule has 1 aromatic heterocycles. The van der Waals surface area contributed by atoms with Crippen LogP contribution in [0.3, 0.4) is 0 Å². The van der Waals surface area contributed by atoms with Crippen LogP contribution >= 0.6 is 0 Å². The number of hydrogen-bond donors (Lipinski definition) is 1. The Labute approximate surface area is 116 Å². The summed E-state index contributed by atoms with van der Waals surface area (Å²) in [6.07, 6.45) is 5.46. The average molecular weight is 264 g/mol. The third-order valence-corrected chi connectivity index (χ3v) is 2.80. The predicted molar refractivity (Wildman–Crippen MR) is 73.7 cm³/mol. The van der Waals surface area contributed by atoms with Gasteiger partial charge in [0.05, 0.1) is 5.69 Å². The number of aromatic nitrogens is 3. The number of nitrogens with zero attached hydrogens (tertiary/aromatic N) is 5. The minimum absolute atomic E-state index is 0.0294. The zero-order chi connectivity index (χ0) is 14.4. The van der Waals surface area contributed by atoms with Crippen LogP contribution in [-0.4, -0.2) is 14.8 Å². The van der Waals surface area contributed by atoms with E-state index in [4.69, 9.17) is 10.5 Å². The number of nitriles is 2. The molecule has 0 aliphatic heterocycles. The Kier molecular flexibility index (Phi) is 4.10. The van der Waals surface area contributed by atoms with Crippen molar-refractivity contribution in [3.8, 4) is 17.8 Å². The summed E-state index contributed by atoms with van der Waals surface area (Å²) in [6.45, 7) is 2.04. The minimum atomic E-state index is 0.0294. The molecule has 2 rings (SSSR count). The number of aryl methyl sites for hydroxylation is 1. The summed E-state index contributed by atoms with van der Waals surface area (Å²) in [5.74, 6) is 0. The Bertz CT molecular complexity index is 684. The molecule has 6 heteroatoms. The molecule has 6 nitrogen and oxygen atoms in total. The Morgan fingerprint density at radius 2 is 2.00 bits per heavy atom. The van der Waals surface area contributed by atoms with Crippen molar-refractivity contribution in [2.75, 3.05) is 5.32 Å². The van der Waals surface area contributed by atoms with Gasteiger partial charge in [-0.1, -0.05) is 13.0 Å². The number of allylic oxidation sites excluding steroid dienone is 1. The summed E-state index contributed by atoms with van der Waals surface area (Å²) in [5.41, 5.74) is 2.87. The van der Waals surface area contributed by atoms with E-state index in [0.29, 0.717) is 0 Å². The molecule has 0 aliphatic carbocycles. The SMILES string of the molecule is CCc1ccc(-n2cnnc2)cc1NC=C(C#N)C#N. The lowest BCUT2D eigenvalue weighted by molar-refractivity contribution is 1.05. The molecule has 20 heavy (non-hydrogen) atoms. The van der Waals surface area contributed by atoms with E-state index in [1.807, 2.05) is 37.3 Å². The van der Waals surface area contributed by atoms with Crippen LogP contribution in [-0.2, 0) is 6.42 Å². The molecule has 0 spiro atoms. The molecule has 0 radical (unpaired) electrons. The monoisotopic (exact) mass is 264 g/mol. The van der Waals surface area contributed by atoms with E-state index in [0.717, 1.165) is 23.4 Å². The molecule has 0 atom stereocenters. The summed E-state index contributed by atoms with van der Waals surface area (Å²) in [6, 6.07) is 9.50. The maximum absolute atomic E-state index is 8.73. The zero-order valence-corrected chi connectivity index (χ0v) is 10.9. The molecule has 0 aliphatic rings. The van der Waals surface area contributed by atoms with Crippen LogP contribution in [0.1, 0.15) is 12.5 Å². The van der Waals surface area contributed by atoms with Crippen molar-refractivity contribution >= 4 is 5.69 Å². The first kappa shape index (κ1) is 13.3. The lowest BCUT2D eigenvalue weighted by Gasteiger charge is -2.10. The predicted octanol–water partition coefficient (Wildman–Crippen LogP) is 2.17.